The molecule has 0 aliphatic rings. The molecule has 0 aliphatic heterocycles. The van der Waals surface area contributed by atoms with Crippen molar-refractivity contribution in [1.29, 1.82) is 0 Å². The van der Waals surface area contributed by atoms with Crippen LogP contribution in [0.15, 0.2) is 29.6 Å². The van der Waals surface area contributed by atoms with Gasteiger partial charge in [-0.1, -0.05) is 6.07 Å². The molecule has 0 radical (unpaired) electrons. The van der Waals surface area contributed by atoms with E-state index in [2.05, 4.69) is 10.3 Å². The molecule has 2 rings (SSSR count). The molecule has 0 bridgehead atoms. The van der Waals surface area contributed by atoms with Crippen LogP contribution in [0.1, 0.15) is 10.5 Å². The average Bonchev–Trinajstić information content (AvgIpc) is 2.78. The van der Waals surface area contributed by atoms with Gasteiger partial charge < -0.3 is 20.0 Å². The number of nitrogens with one attached hydrogen (secondary N) is 1. The molecule has 88 valence electrons. The van der Waals surface area contributed by atoms with Crippen LogP contribution < -0.4 is 15.2 Å². The second-order valence-corrected chi connectivity index (χ2v) is 4.04. The molecule has 0 fully saturated rings. The molecule has 0 saturated carbocycles. The molecular weight excluding hydrogens is 240 g/mol. The van der Waals surface area contributed by atoms with Crippen LogP contribution in [-0.2, 0) is 0 Å². The summed E-state index contributed by atoms with van der Waals surface area (Å²) in [6.07, 6.45) is 0. The van der Waals surface area contributed by atoms with Gasteiger partial charge in [-0.25, -0.2) is 4.98 Å². The van der Waals surface area contributed by atoms with Gasteiger partial charge in [0.25, 0.3) is 0 Å². The number of methoxy groups -OCH3 is 1. The summed E-state index contributed by atoms with van der Waals surface area (Å²) in [4.78, 5) is 14.4. The van der Waals surface area contributed by atoms with Crippen molar-refractivity contribution in [3.8, 4) is 5.75 Å². The van der Waals surface area contributed by atoms with Crippen LogP contribution in [0, 0.1) is 0 Å². The van der Waals surface area contributed by atoms with E-state index in [4.69, 9.17) is 4.74 Å². The van der Waals surface area contributed by atoms with Crippen molar-refractivity contribution in [2.45, 2.75) is 0 Å². The van der Waals surface area contributed by atoms with Crippen molar-refractivity contribution in [3.05, 3.63) is 35.3 Å². The number of hydrogen-bond donors (Lipinski definition) is 1. The van der Waals surface area contributed by atoms with Crippen LogP contribution >= 0.6 is 11.3 Å². The van der Waals surface area contributed by atoms with E-state index in [1.54, 1.807) is 13.2 Å². The number of anilines is 2. The summed E-state index contributed by atoms with van der Waals surface area (Å²) in [6.45, 7) is 0. The number of rotatable bonds is 4. The fraction of sp³-hybridized carbons (Fsp3) is 0.0909. The Balaban J connectivity index is 2.16. The maximum absolute atomic E-state index is 10.6. The van der Waals surface area contributed by atoms with E-state index in [0.717, 1.165) is 5.69 Å². The number of benzene rings is 1. The molecule has 1 N–H and O–H groups in total. The minimum Gasteiger partial charge on any atom is -0.543 e. The standard InChI is InChI=1S/C11H10N2O3S/c1-16-8-4-2-3-7(5-8)12-11-13-9(6-17-11)10(14)15/h2-6H,1H3,(H,12,13)(H,14,15)/p-1. The van der Waals surface area contributed by atoms with Gasteiger partial charge in [0, 0.05) is 17.1 Å². The highest BCUT2D eigenvalue weighted by atomic mass is 32.1. The highest BCUT2D eigenvalue weighted by Crippen LogP contribution is 2.23. The first kappa shape index (κ1) is 11.4. The summed E-state index contributed by atoms with van der Waals surface area (Å²) in [5.41, 5.74) is 0.712. The molecule has 6 heteroatoms. The molecule has 0 amide bonds. The minimum absolute atomic E-state index is 0.0691. The lowest BCUT2D eigenvalue weighted by atomic mass is 10.3. The molecule has 5 nitrogen and oxygen atoms in total. The zero-order chi connectivity index (χ0) is 12.3. The van der Waals surface area contributed by atoms with Crippen LogP contribution in [-0.4, -0.2) is 18.1 Å². The molecule has 0 saturated heterocycles. The molecule has 1 heterocycles. The lowest BCUT2D eigenvalue weighted by Gasteiger charge is -2.04. The number of aromatic nitrogens is 1. The Bertz CT molecular complexity index is 539. The molecule has 17 heavy (non-hydrogen) atoms. The first-order valence-corrected chi connectivity index (χ1v) is 5.65. The van der Waals surface area contributed by atoms with Gasteiger partial charge in [0.2, 0.25) is 0 Å². The number of carboxylic acid groups (broad SMARTS) is 1. The van der Waals surface area contributed by atoms with Crippen molar-refractivity contribution in [2.75, 3.05) is 12.4 Å². The monoisotopic (exact) mass is 249 g/mol. The van der Waals surface area contributed by atoms with Gasteiger partial charge in [-0.2, -0.15) is 0 Å². The number of carbonyl (C=O) groups is 1. The van der Waals surface area contributed by atoms with Gasteiger partial charge in [-0.3, -0.25) is 0 Å². The first-order valence-electron chi connectivity index (χ1n) is 4.77. The van der Waals surface area contributed by atoms with Crippen LogP contribution in [0.3, 0.4) is 0 Å². The predicted molar refractivity (Wildman–Crippen MR) is 62.7 cm³/mol. The number of carboxylic acids is 1. The zero-order valence-electron chi connectivity index (χ0n) is 8.97. The fourth-order valence-electron chi connectivity index (χ4n) is 1.25. The highest BCUT2D eigenvalue weighted by Gasteiger charge is 2.03. The van der Waals surface area contributed by atoms with E-state index >= 15 is 0 Å². The summed E-state index contributed by atoms with van der Waals surface area (Å²) in [6, 6.07) is 7.27. The van der Waals surface area contributed by atoms with Crippen LogP contribution in [0.5, 0.6) is 5.75 Å². The van der Waals surface area contributed by atoms with E-state index in [1.165, 1.54) is 16.7 Å². The third-order valence-electron chi connectivity index (χ3n) is 2.03. The van der Waals surface area contributed by atoms with Gasteiger partial charge in [-0.15, -0.1) is 11.3 Å². The zero-order valence-corrected chi connectivity index (χ0v) is 9.78. The minimum atomic E-state index is -1.28. The Hall–Kier alpha value is -2.08. The van der Waals surface area contributed by atoms with Gasteiger partial charge in [0.1, 0.15) is 5.75 Å². The Kier molecular flexibility index (Phi) is 3.24. The number of thiazole rings is 1. The second-order valence-electron chi connectivity index (χ2n) is 3.18. The molecular formula is C11H9N2O3S-. The topological polar surface area (TPSA) is 74.3 Å². The quantitative estimate of drug-likeness (QED) is 0.883. The maximum atomic E-state index is 10.6. The van der Waals surface area contributed by atoms with Crippen molar-refractivity contribution < 1.29 is 14.6 Å². The van der Waals surface area contributed by atoms with Crippen molar-refractivity contribution in [3.63, 3.8) is 0 Å². The number of hydrogen-bond acceptors (Lipinski definition) is 6. The maximum Gasteiger partial charge on any atom is 0.187 e. The lowest BCUT2D eigenvalue weighted by molar-refractivity contribution is -0.255. The number of nitrogens with zero attached hydrogens (tertiary/aromatic N) is 1. The molecule has 0 aliphatic carbocycles. The smallest absolute Gasteiger partial charge is 0.187 e. The second kappa shape index (κ2) is 4.84. The summed E-state index contributed by atoms with van der Waals surface area (Å²) < 4.78 is 5.07. The SMILES string of the molecule is COc1cccc(Nc2nc(C(=O)[O-])cs2)c1. The van der Waals surface area contributed by atoms with E-state index in [9.17, 15) is 9.90 Å². The van der Waals surface area contributed by atoms with E-state index < -0.39 is 5.97 Å². The molecule has 0 unspecified atom stereocenters. The first-order chi connectivity index (χ1) is 8.19. The lowest BCUT2D eigenvalue weighted by Crippen LogP contribution is -2.22. The van der Waals surface area contributed by atoms with E-state index in [1.807, 2.05) is 18.2 Å². The van der Waals surface area contributed by atoms with Crippen molar-refractivity contribution in [1.82, 2.24) is 4.98 Å². The predicted octanol–water partition coefficient (Wildman–Crippen LogP) is 1.26. The molecule has 1 aromatic carbocycles. The molecule has 0 spiro atoms. The Morgan fingerprint density at radius 3 is 3.00 bits per heavy atom. The van der Waals surface area contributed by atoms with Gasteiger partial charge >= 0.3 is 0 Å². The molecule has 2 aromatic rings. The number of aromatic carboxylic acids is 1. The van der Waals surface area contributed by atoms with Crippen LogP contribution in [0.2, 0.25) is 0 Å². The molecule has 1 aromatic heterocycles. The third kappa shape index (κ3) is 2.73. The third-order valence-corrected chi connectivity index (χ3v) is 2.79. The highest BCUT2D eigenvalue weighted by molar-refractivity contribution is 7.14. The van der Waals surface area contributed by atoms with Crippen LogP contribution in [0.4, 0.5) is 10.8 Å². The van der Waals surface area contributed by atoms with Gasteiger partial charge in [-0.05, 0) is 12.1 Å². The van der Waals surface area contributed by atoms with Gasteiger partial charge in [0.15, 0.2) is 5.13 Å². The average molecular weight is 249 g/mol. The largest absolute Gasteiger partial charge is 0.543 e. The van der Waals surface area contributed by atoms with E-state index in [0.29, 0.717) is 10.9 Å². The Morgan fingerprint density at radius 2 is 2.35 bits per heavy atom. The normalized spacial score (nSPS) is 9.94. The van der Waals surface area contributed by atoms with Crippen molar-refractivity contribution in [2.24, 2.45) is 0 Å². The summed E-state index contributed by atoms with van der Waals surface area (Å²) in [7, 11) is 1.58. The number of carbonyl (C=O) groups excluding carboxylic acids is 1. The van der Waals surface area contributed by atoms with E-state index in [-0.39, 0.29) is 5.69 Å². The summed E-state index contributed by atoms with van der Waals surface area (Å²) in [5.74, 6) is -0.563. The summed E-state index contributed by atoms with van der Waals surface area (Å²) >= 11 is 1.20. The fourth-order valence-corrected chi connectivity index (χ4v) is 1.95. The van der Waals surface area contributed by atoms with Gasteiger partial charge in [0.05, 0.1) is 18.8 Å². The Morgan fingerprint density at radius 1 is 1.53 bits per heavy atom. The van der Waals surface area contributed by atoms with Crippen molar-refractivity contribution >= 4 is 28.1 Å². The van der Waals surface area contributed by atoms with Crippen LogP contribution in [0.25, 0.3) is 0 Å². The summed E-state index contributed by atoms with van der Waals surface area (Å²) in [5, 5.41) is 15.5. The number of ether oxygens (including phenoxy) is 1. The Labute approximate surface area is 102 Å². The molecule has 0 atom stereocenters.